The summed E-state index contributed by atoms with van der Waals surface area (Å²) in [5.41, 5.74) is 5.36. The predicted octanol–water partition coefficient (Wildman–Crippen LogP) is 3.79. The van der Waals surface area contributed by atoms with Gasteiger partial charge in [0.15, 0.2) is 0 Å². The van der Waals surface area contributed by atoms with Crippen LogP contribution in [-0.4, -0.2) is 6.04 Å². The second-order valence-corrected chi connectivity index (χ2v) is 4.55. The molecular formula is C14H16F3NO. The third-order valence-corrected chi connectivity index (χ3v) is 3.23. The number of alkyl halides is 3. The Kier molecular flexibility index (Phi) is 3.85. The van der Waals surface area contributed by atoms with E-state index in [0.717, 1.165) is 6.07 Å². The summed E-state index contributed by atoms with van der Waals surface area (Å²) in [6.45, 7) is 1.91. The highest BCUT2D eigenvalue weighted by molar-refractivity contribution is 5.33. The topological polar surface area (TPSA) is 35.2 Å². The lowest BCUT2D eigenvalue weighted by Gasteiger charge is -2.20. The average molecular weight is 271 g/mol. The molecule has 1 heterocycles. The normalized spacial score (nSPS) is 20.9. The van der Waals surface area contributed by atoms with Gasteiger partial charge in [-0.15, -0.1) is 0 Å². The fourth-order valence-electron chi connectivity index (χ4n) is 2.15. The van der Waals surface area contributed by atoms with Crippen LogP contribution in [0.1, 0.15) is 37.0 Å². The van der Waals surface area contributed by atoms with Gasteiger partial charge in [0, 0.05) is 12.0 Å². The average Bonchev–Trinajstić information content (AvgIpc) is 2.86. The second-order valence-electron chi connectivity index (χ2n) is 4.55. The zero-order valence-electron chi connectivity index (χ0n) is 10.6. The minimum atomic E-state index is -4.37. The molecule has 0 fully saturated rings. The zero-order chi connectivity index (χ0) is 14.0. The predicted molar refractivity (Wildman–Crippen MR) is 66.2 cm³/mol. The summed E-state index contributed by atoms with van der Waals surface area (Å²) in [4.78, 5) is 0. The molecule has 1 aromatic carbocycles. The molecule has 0 bridgehead atoms. The van der Waals surface area contributed by atoms with E-state index in [2.05, 4.69) is 0 Å². The Labute approximate surface area is 110 Å². The van der Waals surface area contributed by atoms with Gasteiger partial charge < -0.3 is 10.5 Å². The molecule has 2 N–H and O–H groups in total. The molecular weight excluding hydrogens is 255 g/mol. The van der Waals surface area contributed by atoms with E-state index < -0.39 is 17.8 Å². The lowest BCUT2D eigenvalue weighted by atomic mass is 10.0. The van der Waals surface area contributed by atoms with Crippen molar-refractivity contribution in [1.29, 1.82) is 0 Å². The van der Waals surface area contributed by atoms with Crippen molar-refractivity contribution < 1.29 is 17.9 Å². The molecule has 2 rings (SSSR count). The summed E-state index contributed by atoms with van der Waals surface area (Å²) >= 11 is 0. The molecule has 2 unspecified atom stereocenters. The Morgan fingerprint density at radius 3 is 2.68 bits per heavy atom. The molecule has 1 aliphatic rings. The Bertz CT molecular complexity index is 482. The van der Waals surface area contributed by atoms with Gasteiger partial charge in [0.05, 0.1) is 11.6 Å². The van der Waals surface area contributed by atoms with Gasteiger partial charge in [-0.25, -0.2) is 0 Å². The standard InChI is InChI=1S/C14H16F3NO/c1-2-11(18)13-8-7-12(19-13)9-5-3-4-6-10(9)14(15,16)17/h3-6,8,11-12H,2,7,18H2,1H3. The molecule has 0 amide bonds. The number of halogens is 3. The van der Waals surface area contributed by atoms with Gasteiger partial charge in [0.25, 0.3) is 0 Å². The van der Waals surface area contributed by atoms with Crippen LogP contribution in [-0.2, 0) is 10.9 Å². The van der Waals surface area contributed by atoms with Crippen LogP contribution in [0.2, 0.25) is 0 Å². The first-order valence-electron chi connectivity index (χ1n) is 6.22. The van der Waals surface area contributed by atoms with E-state index in [1.54, 1.807) is 12.1 Å². The quantitative estimate of drug-likeness (QED) is 0.907. The van der Waals surface area contributed by atoms with Crippen molar-refractivity contribution in [1.82, 2.24) is 0 Å². The van der Waals surface area contributed by atoms with Crippen molar-refractivity contribution in [2.45, 2.75) is 38.1 Å². The van der Waals surface area contributed by atoms with Gasteiger partial charge in [0.1, 0.15) is 11.9 Å². The number of ether oxygens (including phenoxy) is 1. The van der Waals surface area contributed by atoms with E-state index in [1.165, 1.54) is 12.1 Å². The molecule has 0 aliphatic carbocycles. The van der Waals surface area contributed by atoms with Crippen LogP contribution in [0, 0.1) is 0 Å². The number of benzene rings is 1. The first-order valence-corrected chi connectivity index (χ1v) is 6.22. The maximum absolute atomic E-state index is 12.9. The molecule has 1 aliphatic heterocycles. The van der Waals surface area contributed by atoms with Crippen molar-refractivity contribution in [2.75, 3.05) is 0 Å². The number of nitrogens with two attached hydrogens (primary N) is 1. The smallest absolute Gasteiger partial charge is 0.416 e. The molecule has 0 saturated heterocycles. The third kappa shape index (κ3) is 2.92. The van der Waals surface area contributed by atoms with E-state index in [1.807, 2.05) is 6.92 Å². The number of hydrogen-bond donors (Lipinski definition) is 1. The Morgan fingerprint density at radius 2 is 2.05 bits per heavy atom. The van der Waals surface area contributed by atoms with Crippen LogP contribution < -0.4 is 5.73 Å². The zero-order valence-corrected chi connectivity index (χ0v) is 10.6. The number of hydrogen-bond acceptors (Lipinski definition) is 2. The largest absolute Gasteiger partial charge is 0.488 e. The van der Waals surface area contributed by atoms with Gasteiger partial charge in [-0.2, -0.15) is 13.2 Å². The molecule has 0 spiro atoms. The summed E-state index contributed by atoms with van der Waals surface area (Å²) < 4.78 is 44.4. The third-order valence-electron chi connectivity index (χ3n) is 3.23. The van der Waals surface area contributed by atoms with Crippen molar-refractivity contribution in [2.24, 2.45) is 5.73 Å². The summed E-state index contributed by atoms with van der Waals surface area (Å²) in [5.74, 6) is 0.587. The highest BCUT2D eigenvalue weighted by Gasteiger charge is 2.36. The monoisotopic (exact) mass is 271 g/mol. The first kappa shape index (κ1) is 13.9. The second kappa shape index (κ2) is 5.25. The molecule has 0 saturated carbocycles. The lowest BCUT2D eigenvalue weighted by Crippen LogP contribution is -2.22. The Balaban J connectivity index is 2.22. The van der Waals surface area contributed by atoms with Crippen LogP contribution in [0.25, 0.3) is 0 Å². The van der Waals surface area contributed by atoms with Crippen LogP contribution in [0.5, 0.6) is 0 Å². The van der Waals surface area contributed by atoms with E-state index in [-0.39, 0.29) is 11.6 Å². The van der Waals surface area contributed by atoms with E-state index in [0.29, 0.717) is 18.6 Å². The summed E-state index contributed by atoms with van der Waals surface area (Å²) in [5, 5.41) is 0. The van der Waals surface area contributed by atoms with E-state index in [4.69, 9.17) is 10.5 Å². The summed E-state index contributed by atoms with van der Waals surface area (Å²) in [7, 11) is 0. The van der Waals surface area contributed by atoms with Crippen LogP contribution in [0.4, 0.5) is 13.2 Å². The molecule has 104 valence electrons. The SMILES string of the molecule is CCC(N)C1=CCC(c2ccccc2C(F)(F)F)O1. The van der Waals surface area contributed by atoms with Crippen molar-refractivity contribution in [3.05, 3.63) is 47.2 Å². The van der Waals surface area contributed by atoms with Gasteiger partial charge in [-0.3, -0.25) is 0 Å². The van der Waals surface area contributed by atoms with Crippen molar-refractivity contribution >= 4 is 0 Å². The van der Waals surface area contributed by atoms with Gasteiger partial charge in [-0.05, 0) is 18.6 Å². The molecule has 5 heteroatoms. The van der Waals surface area contributed by atoms with E-state index >= 15 is 0 Å². The van der Waals surface area contributed by atoms with Crippen LogP contribution >= 0.6 is 0 Å². The molecule has 19 heavy (non-hydrogen) atoms. The van der Waals surface area contributed by atoms with E-state index in [9.17, 15) is 13.2 Å². The highest BCUT2D eigenvalue weighted by atomic mass is 19.4. The summed E-state index contributed by atoms with van der Waals surface area (Å²) in [6, 6.07) is 5.26. The minimum Gasteiger partial charge on any atom is -0.488 e. The molecule has 0 radical (unpaired) electrons. The molecule has 2 nitrogen and oxygen atoms in total. The Hall–Kier alpha value is -1.49. The molecule has 2 atom stereocenters. The summed E-state index contributed by atoms with van der Waals surface area (Å²) in [6.07, 6.45) is -2.05. The fourth-order valence-corrected chi connectivity index (χ4v) is 2.15. The fraction of sp³-hybridized carbons (Fsp3) is 0.429. The highest BCUT2D eigenvalue weighted by Crippen LogP contribution is 2.40. The van der Waals surface area contributed by atoms with Gasteiger partial charge in [-0.1, -0.05) is 25.1 Å². The molecule has 1 aromatic rings. The first-order chi connectivity index (χ1) is 8.93. The Morgan fingerprint density at radius 1 is 1.37 bits per heavy atom. The van der Waals surface area contributed by atoms with Crippen molar-refractivity contribution in [3.8, 4) is 0 Å². The minimum absolute atomic E-state index is 0.171. The van der Waals surface area contributed by atoms with Crippen LogP contribution in [0.15, 0.2) is 36.1 Å². The maximum atomic E-state index is 12.9. The van der Waals surface area contributed by atoms with Crippen molar-refractivity contribution in [3.63, 3.8) is 0 Å². The van der Waals surface area contributed by atoms with Gasteiger partial charge in [0.2, 0.25) is 0 Å². The number of rotatable bonds is 3. The van der Waals surface area contributed by atoms with Gasteiger partial charge >= 0.3 is 6.18 Å². The molecule has 0 aromatic heterocycles. The van der Waals surface area contributed by atoms with Crippen LogP contribution in [0.3, 0.4) is 0 Å². The lowest BCUT2D eigenvalue weighted by molar-refractivity contribution is -0.139. The maximum Gasteiger partial charge on any atom is 0.416 e.